The smallest absolute Gasteiger partial charge is 0.263 e. The molecule has 0 unspecified atom stereocenters. The molecule has 1 N–H and O–H groups in total. The van der Waals surface area contributed by atoms with E-state index in [0.29, 0.717) is 15.3 Å². The first kappa shape index (κ1) is 21.6. The van der Waals surface area contributed by atoms with Crippen LogP contribution in [0.1, 0.15) is 11.4 Å². The van der Waals surface area contributed by atoms with Crippen molar-refractivity contribution in [3.05, 3.63) is 59.0 Å². The van der Waals surface area contributed by atoms with E-state index in [0.717, 1.165) is 18.5 Å². The van der Waals surface area contributed by atoms with Gasteiger partial charge in [-0.3, -0.25) is 4.68 Å². The van der Waals surface area contributed by atoms with E-state index >= 15 is 0 Å². The highest BCUT2D eigenvalue weighted by molar-refractivity contribution is 6.30. The Morgan fingerprint density at radius 3 is 2.37 bits per heavy atom. The zero-order chi connectivity index (χ0) is 21.9. The van der Waals surface area contributed by atoms with Crippen molar-refractivity contribution in [3.63, 3.8) is 0 Å². The third kappa shape index (κ3) is 5.92. The number of hydrogen-bond donors (Lipinski definition) is 1. The Labute approximate surface area is 170 Å². The van der Waals surface area contributed by atoms with Crippen LogP contribution in [0.2, 0.25) is 5.02 Å². The topological polar surface area (TPSA) is 68.0 Å². The predicted molar refractivity (Wildman–Crippen MR) is 97.0 cm³/mol. The molecule has 3 aromatic rings. The minimum absolute atomic E-state index is 0.0267. The average Bonchev–Trinajstić information content (AvgIpc) is 3.06. The van der Waals surface area contributed by atoms with E-state index in [-0.39, 0.29) is 11.4 Å². The van der Waals surface area contributed by atoms with Gasteiger partial charge in [0.15, 0.2) is 5.69 Å². The molecule has 0 aliphatic carbocycles. The van der Waals surface area contributed by atoms with Gasteiger partial charge in [0.2, 0.25) is 5.95 Å². The van der Waals surface area contributed by atoms with Crippen molar-refractivity contribution in [1.29, 1.82) is 0 Å². The van der Waals surface area contributed by atoms with Gasteiger partial charge in [-0.05, 0) is 24.3 Å². The van der Waals surface area contributed by atoms with Crippen molar-refractivity contribution in [2.24, 2.45) is 5.10 Å². The maximum atomic E-state index is 13.2. The normalized spacial score (nSPS) is 12.5. The van der Waals surface area contributed by atoms with Gasteiger partial charge in [0.05, 0.1) is 11.9 Å². The molecular formula is C17H11ClF6N6. The van der Waals surface area contributed by atoms with Crippen molar-refractivity contribution in [1.82, 2.24) is 19.7 Å². The van der Waals surface area contributed by atoms with Crippen LogP contribution in [-0.2, 0) is 12.7 Å². The van der Waals surface area contributed by atoms with Crippen LogP contribution in [0.15, 0.2) is 47.7 Å². The Hall–Kier alpha value is -3.15. The summed E-state index contributed by atoms with van der Waals surface area (Å²) in [5.74, 6) is -0.458. The summed E-state index contributed by atoms with van der Waals surface area (Å²) < 4.78 is 77.2. The molecule has 1 aromatic carbocycles. The maximum Gasteiger partial charge on any atom is 0.433 e. The Morgan fingerprint density at radius 1 is 1.03 bits per heavy atom. The van der Waals surface area contributed by atoms with Crippen molar-refractivity contribution in [2.75, 3.05) is 5.43 Å². The first-order valence-corrected chi connectivity index (χ1v) is 8.49. The van der Waals surface area contributed by atoms with Crippen LogP contribution in [0.5, 0.6) is 0 Å². The highest BCUT2D eigenvalue weighted by Crippen LogP contribution is 2.31. The Kier molecular flexibility index (Phi) is 5.97. The van der Waals surface area contributed by atoms with Gasteiger partial charge in [-0.1, -0.05) is 23.7 Å². The summed E-state index contributed by atoms with van der Waals surface area (Å²) in [5.41, 5.74) is 1.43. The molecule has 2 aromatic heterocycles. The average molecular weight is 449 g/mol. The lowest BCUT2D eigenvalue weighted by molar-refractivity contribution is -0.143. The third-order valence-electron chi connectivity index (χ3n) is 3.52. The van der Waals surface area contributed by atoms with Crippen LogP contribution >= 0.6 is 11.6 Å². The lowest BCUT2D eigenvalue weighted by atomic mass is 10.1. The summed E-state index contributed by atoms with van der Waals surface area (Å²) in [6, 6.07) is 8.00. The fourth-order valence-corrected chi connectivity index (χ4v) is 2.41. The van der Waals surface area contributed by atoms with Crippen LogP contribution < -0.4 is 5.43 Å². The number of alkyl halides is 6. The van der Waals surface area contributed by atoms with Crippen LogP contribution in [0, 0.1) is 0 Å². The molecule has 13 heteroatoms. The van der Waals surface area contributed by atoms with E-state index < -0.39 is 30.5 Å². The summed E-state index contributed by atoms with van der Waals surface area (Å²) in [7, 11) is 0. The largest absolute Gasteiger partial charge is 0.433 e. The fourth-order valence-electron chi connectivity index (χ4n) is 2.29. The van der Waals surface area contributed by atoms with Gasteiger partial charge < -0.3 is 0 Å². The molecule has 6 nitrogen and oxygen atoms in total. The first-order chi connectivity index (χ1) is 14.0. The molecule has 2 heterocycles. The van der Waals surface area contributed by atoms with Crippen LogP contribution in [0.4, 0.5) is 32.3 Å². The molecule has 0 saturated heterocycles. The third-order valence-corrected chi connectivity index (χ3v) is 3.77. The summed E-state index contributed by atoms with van der Waals surface area (Å²) in [5, 5.41) is 7.68. The molecule has 0 aliphatic heterocycles. The first-order valence-electron chi connectivity index (χ1n) is 8.11. The number of halogens is 7. The molecule has 0 atom stereocenters. The van der Waals surface area contributed by atoms with Gasteiger partial charge >= 0.3 is 12.4 Å². The molecular weight excluding hydrogens is 438 g/mol. The second-order valence-electron chi connectivity index (χ2n) is 5.89. The number of hydrazone groups is 1. The van der Waals surface area contributed by atoms with Crippen LogP contribution in [0.3, 0.4) is 0 Å². The molecule has 3 rings (SSSR count). The molecule has 0 aliphatic rings. The van der Waals surface area contributed by atoms with E-state index in [4.69, 9.17) is 11.6 Å². The minimum atomic E-state index is -4.74. The zero-order valence-corrected chi connectivity index (χ0v) is 15.5. The second kappa shape index (κ2) is 8.30. The predicted octanol–water partition coefficient (Wildman–Crippen LogP) is 5.02. The highest BCUT2D eigenvalue weighted by Gasteiger charge is 2.34. The molecule has 158 valence electrons. The van der Waals surface area contributed by atoms with Crippen LogP contribution in [0.25, 0.3) is 11.3 Å². The maximum absolute atomic E-state index is 13.2. The summed E-state index contributed by atoms with van der Waals surface area (Å²) in [6.45, 7) is -1.28. The van der Waals surface area contributed by atoms with Gasteiger partial charge in [0.1, 0.15) is 12.2 Å². The van der Waals surface area contributed by atoms with Crippen molar-refractivity contribution in [2.45, 2.75) is 18.9 Å². The molecule has 30 heavy (non-hydrogen) atoms. The molecule has 0 bridgehead atoms. The minimum Gasteiger partial charge on any atom is -0.263 e. The van der Waals surface area contributed by atoms with E-state index in [9.17, 15) is 26.3 Å². The SMILES string of the molecule is FC(F)(F)Cn1ccc(C=NNc2nc(-c3ccc(Cl)cc3)cc(C(F)(F)F)n2)n1. The molecule has 0 fully saturated rings. The van der Waals surface area contributed by atoms with E-state index in [1.54, 1.807) is 0 Å². The van der Waals surface area contributed by atoms with Gasteiger partial charge in [0.25, 0.3) is 0 Å². The number of nitrogens with one attached hydrogen (secondary N) is 1. The number of anilines is 1. The fraction of sp³-hybridized carbons (Fsp3) is 0.176. The number of nitrogens with zero attached hydrogens (tertiary/aromatic N) is 5. The Morgan fingerprint density at radius 2 is 1.73 bits per heavy atom. The molecule has 0 amide bonds. The van der Waals surface area contributed by atoms with E-state index in [1.165, 1.54) is 30.3 Å². The second-order valence-corrected chi connectivity index (χ2v) is 6.33. The van der Waals surface area contributed by atoms with Gasteiger partial charge in [0, 0.05) is 16.8 Å². The quantitative estimate of drug-likeness (QED) is 0.338. The Bertz CT molecular complexity index is 1040. The van der Waals surface area contributed by atoms with E-state index in [2.05, 4.69) is 25.6 Å². The summed E-state index contributed by atoms with van der Waals surface area (Å²) in [6.07, 6.45) is -7.06. The van der Waals surface area contributed by atoms with Gasteiger partial charge in [-0.2, -0.15) is 36.5 Å². The number of hydrogen-bond acceptors (Lipinski definition) is 5. The lowest BCUT2D eigenvalue weighted by Gasteiger charge is -2.10. The molecule has 0 saturated carbocycles. The summed E-state index contributed by atoms with van der Waals surface area (Å²) in [4.78, 5) is 7.35. The van der Waals surface area contributed by atoms with Crippen molar-refractivity contribution >= 4 is 23.8 Å². The molecule has 0 radical (unpaired) electrons. The van der Waals surface area contributed by atoms with Crippen LogP contribution in [-0.4, -0.2) is 32.1 Å². The zero-order valence-electron chi connectivity index (χ0n) is 14.7. The van der Waals surface area contributed by atoms with Gasteiger partial charge in [-0.25, -0.2) is 15.4 Å². The van der Waals surface area contributed by atoms with Crippen molar-refractivity contribution < 1.29 is 26.3 Å². The lowest BCUT2D eigenvalue weighted by Crippen LogP contribution is -2.18. The highest BCUT2D eigenvalue weighted by atomic mass is 35.5. The Balaban J connectivity index is 1.82. The van der Waals surface area contributed by atoms with Gasteiger partial charge in [-0.15, -0.1) is 0 Å². The summed E-state index contributed by atoms with van der Waals surface area (Å²) >= 11 is 5.78. The number of rotatable bonds is 5. The molecule has 0 spiro atoms. The standard InChI is InChI=1S/C17H11ClF6N6/c18-11-3-1-10(2-4-11)13-7-14(17(22,23)24)27-15(26-13)28-25-8-12-5-6-30(29-12)9-16(19,20)21/h1-8H,9H2,(H,26,27,28). The van der Waals surface area contributed by atoms with Crippen molar-refractivity contribution in [3.8, 4) is 11.3 Å². The number of aromatic nitrogens is 4. The number of benzene rings is 1. The monoisotopic (exact) mass is 448 g/mol. The van der Waals surface area contributed by atoms with E-state index in [1.807, 2.05) is 0 Å².